The summed E-state index contributed by atoms with van der Waals surface area (Å²) in [5.74, 6) is -1.00. The van der Waals surface area contributed by atoms with Crippen LogP contribution in [0, 0.1) is 0 Å². The standard InChI is InChI=1S/C26H21Cl2N3O6S.Na/c1-3-14-11-23(38(34,35)36)22(13-19(14)27)30-31-24-17-7-5-4-6-15(17)10-18(25(24)32)26(33)29-21-9-8-16(37-2)12-20(21)28;/h4-13,32H,3H2,1-2H3,(H,29,33)(H,34,35,36);/q;+1/p-1. The summed E-state index contributed by atoms with van der Waals surface area (Å²) >= 11 is 12.4. The molecule has 39 heavy (non-hydrogen) atoms. The Morgan fingerprint density at radius 3 is 2.41 bits per heavy atom. The van der Waals surface area contributed by atoms with Crippen LogP contribution in [0.2, 0.25) is 10.0 Å². The number of benzene rings is 4. The second kappa shape index (κ2) is 12.6. The van der Waals surface area contributed by atoms with E-state index in [-0.39, 0.29) is 62.2 Å². The first-order valence-corrected chi connectivity index (χ1v) is 13.3. The molecule has 0 radical (unpaired) electrons. The van der Waals surface area contributed by atoms with E-state index in [1.165, 1.54) is 37.4 Å². The zero-order valence-corrected chi connectivity index (χ0v) is 25.4. The molecule has 1 amide bonds. The Morgan fingerprint density at radius 2 is 1.77 bits per heavy atom. The molecule has 196 valence electrons. The van der Waals surface area contributed by atoms with E-state index in [4.69, 9.17) is 27.9 Å². The third kappa shape index (κ3) is 6.72. The molecule has 0 fully saturated rings. The van der Waals surface area contributed by atoms with E-state index in [0.29, 0.717) is 28.5 Å². The van der Waals surface area contributed by atoms with Gasteiger partial charge in [-0.25, -0.2) is 0 Å². The largest absolute Gasteiger partial charge is 1.00 e. The molecule has 0 saturated heterocycles. The molecule has 0 aliphatic carbocycles. The second-order valence-corrected chi connectivity index (χ2v) is 10.3. The number of nitrogens with one attached hydrogen (secondary N) is 1. The monoisotopic (exact) mass is 595 g/mol. The van der Waals surface area contributed by atoms with Gasteiger partial charge in [0.25, 0.3) is 16.0 Å². The van der Waals surface area contributed by atoms with Gasteiger partial charge >= 0.3 is 29.6 Å². The van der Waals surface area contributed by atoms with Crippen molar-refractivity contribution in [1.29, 1.82) is 0 Å². The Labute approximate surface area is 256 Å². The van der Waals surface area contributed by atoms with Crippen LogP contribution in [0.1, 0.15) is 22.8 Å². The van der Waals surface area contributed by atoms with Crippen molar-refractivity contribution in [3.63, 3.8) is 0 Å². The number of methoxy groups -OCH3 is 1. The average molecular weight is 596 g/mol. The first-order valence-electron chi connectivity index (χ1n) is 11.1. The maximum atomic E-state index is 13.4. The number of nitrogens with zero attached hydrogens (tertiary/aromatic N) is 2. The topological polar surface area (TPSA) is 140 Å². The fourth-order valence-corrected chi connectivity index (χ4v) is 4.90. The molecule has 4 aromatic rings. The Balaban J connectivity index is 0.00000420. The molecular formula is C26H20Cl2N3NaO6S. The minimum absolute atomic E-state index is 0. The maximum Gasteiger partial charge on any atom is 1.00 e. The van der Waals surface area contributed by atoms with Crippen molar-refractivity contribution in [3.8, 4) is 11.5 Å². The predicted octanol–water partition coefficient (Wildman–Crippen LogP) is 3.71. The van der Waals surface area contributed by atoms with Crippen LogP contribution in [0.15, 0.2) is 75.8 Å². The van der Waals surface area contributed by atoms with Crippen LogP contribution in [0.3, 0.4) is 0 Å². The van der Waals surface area contributed by atoms with Crippen LogP contribution < -0.4 is 44.7 Å². The van der Waals surface area contributed by atoms with Gasteiger partial charge in [-0.3, -0.25) is 9.35 Å². The molecule has 0 aliphatic rings. The molecule has 0 spiro atoms. The molecule has 0 bridgehead atoms. The number of halogens is 2. The number of azo groups is 1. The smallest absolute Gasteiger partial charge is 0.870 e. The number of hydrogen-bond donors (Lipinski definition) is 2. The quantitative estimate of drug-likeness (QED) is 0.189. The van der Waals surface area contributed by atoms with E-state index < -0.39 is 26.7 Å². The third-order valence-electron chi connectivity index (χ3n) is 5.69. The molecule has 0 aromatic heterocycles. The van der Waals surface area contributed by atoms with E-state index in [1.54, 1.807) is 37.3 Å². The summed E-state index contributed by atoms with van der Waals surface area (Å²) in [7, 11) is -3.21. The number of carbonyl (C=O) groups is 1. The van der Waals surface area contributed by atoms with E-state index >= 15 is 0 Å². The zero-order valence-electron chi connectivity index (χ0n) is 21.0. The zero-order chi connectivity index (χ0) is 27.6. The Hall–Kier alpha value is -2.70. The Morgan fingerprint density at radius 1 is 1.05 bits per heavy atom. The second-order valence-electron chi connectivity index (χ2n) is 8.06. The Bertz CT molecular complexity index is 1710. The fraction of sp³-hybridized carbons (Fsp3) is 0.115. The summed E-state index contributed by atoms with van der Waals surface area (Å²) < 4.78 is 38.8. The molecule has 0 aliphatic heterocycles. The van der Waals surface area contributed by atoms with E-state index in [9.17, 15) is 22.9 Å². The number of ether oxygens (including phenoxy) is 1. The van der Waals surface area contributed by atoms with Crippen LogP contribution >= 0.6 is 23.2 Å². The number of aryl methyl sites for hydroxylation is 1. The summed E-state index contributed by atoms with van der Waals surface area (Å²) in [5.41, 5.74) is 0.0312. The van der Waals surface area contributed by atoms with Gasteiger partial charge in [0.15, 0.2) is 0 Å². The molecule has 0 unspecified atom stereocenters. The Kier molecular flexibility index (Phi) is 10.0. The van der Waals surface area contributed by atoms with Gasteiger partial charge in [0.05, 0.1) is 23.5 Å². The van der Waals surface area contributed by atoms with Gasteiger partial charge in [0.2, 0.25) is 0 Å². The SMILES string of the molecule is CCc1cc(S(=O)(=O)O)c(N=Nc2c([O-])c(C(=O)Nc3ccc(OC)cc3Cl)cc3ccccc23)cc1Cl.[Na+]. The van der Waals surface area contributed by atoms with E-state index in [0.717, 1.165) is 0 Å². The molecule has 0 atom stereocenters. The van der Waals surface area contributed by atoms with Gasteiger partial charge in [0, 0.05) is 22.0 Å². The molecular weight excluding hydrogens is 576 g/mol. The average Bonchev–Trinajstić information content (AvgIpc) is 2.88. The summed E-state index contributed by atoms with van der Waals surface area (Å²) in [4.78, 5) is 12.6. The number of anilines is 1. The molecule has 4 aromatic carbocycles. The number of carbonyl (C=O) groups excluding carboxylic acids is 1. The predicted molar refractivity (Wildman–Crippen MR) is 144 cm³/mol. The summed E-state index contributed by atoms with van der Waals surface area (Å²) in [5, 5.41) is 25.3. The molecule has 13 heteroatoms. The van der Waals surface area contributed by atoms with Crippen LogP contribution in [0.5, 0.6) is 11.5 Å². The van der Waals surface area contributed by atoms with Crippen molar-refractivity contribution >= 4 is 67.1 Å². The molecule has 0 saturated carbocycles. The minimum atomic E-state index is -4.68. The van der Waals surface area contributed by atoms with Crippen molar-refractivity contribution in [3.05, 3.63) is 81.8 Å². The first-order chi connectivity index (χ1) is 18.0. The molecule has 0 heterocycles. The number of rotatable bonds is 7. The van der Waals surface area contributed by atoms with Crippen molar-refractivity contribution in [2.24, 2.45) is 10.2 Å². The van der Waals surface area contributed by atoms with Gasteiger partial charge in [-0.1, -0.05) is 60.1 Å². The van der Waals surface area contributed by atoms with Crippen LogP contribution in [0.4, 0.5) is 17.1 Å². The summed E-state index contributed by atoms with van der Waals surface area (Å²) in [6, 6.07) is 15.2. The molecule has 2 N–H and O–H groups in total. The number of hydrogen-bond acceptors (Lipinski definition) is 7. The van der Waals surface area contributed by atoms with Crippen LogP contribution in [0.25, 0.3) is 10.8 Å². The summed E-state index contributed by atoms with van der Waals surface area (Å²) in [6.45, 7) is 1.77. The van der Waals surface area contributed by atoms with Gasteiger partial charge in [-0.2, -0.15) is 13.5 Å². The van der Waals surface area contributed by atoms with E-state index in [2.05, 4.69) is 15.5 Å². The fourth-order valence-electron chi connectivity index (χ4n) is 3.74. The van der Waals surface area contributed by atoms with Crippen molar-refractivity contribution in [1.82, 2.24) is 0 Å². The number of fused-ring (bicyclic) bond motifs is 1. The normalized spacial score (nSPS) is 11.4. The van der Waals surface area contributed by atoms with Crippen molar-refractivity contribution in [2.75, 3.05) is 12.4 Å². The van der Waals surface area contributed by atoms with Crippen molar-refractivity contribution < 1.29 is 57.2 Å². The van der Waals surface area contributed by atoms with Gasteiger partial charge in [-0.15, -0.1) is 5.11 Å². The van der Waals surface area contributed by atoms with Gasteiger partial charge < -0.3 is 15.2 Å². The van der Waals surface area contributed by atoms with Crippen LogP contribution in [-0.4, -0.2) is 26.0 Å². The molecule has 9 nitrogen and oxygen atoms in total. The maximum absolute atomic E-state index is 13.4. The third-order valence-corrected chi connectivity index (χ3v) is 7.24. The van der Waals surface area contributed by atoms with Gasteiger partial charge in [0.1, 0.15) is 16.3 Å². The molecule has 4 rings (SSSR count). The summed E-state index contributed by atoms with van der Waals surface area (Å²) in [6.07, 6.45) is 0.406. The van der Waals surface area contributed by atoms with Gasteiger partial charge in [-0.05, 0) is 47.7 Å². The minimum Gasteiger partial charge on any atom is -0.870 e. The number of amides is 1. The van der Waals surface area contributed by atoms with Crippen LogP contribution in [-0.2, 0) is 16.5 Å². The van der Waals surface area contributed by atoms with E-state index in [1.807, 2.05) is 0 Å². The van der Waals surface area contributed by atoms with Crippen molar-refractivity contribution in [2.45, 2.75) is 18.2 Å². The first kappa shape index (κ1) is 30.8.